The molecule has 0 aromatic heterocycles. The predicted octanol–water partition coefficient (Wildman–Crippen LogP) is 4.07. The van der Waals surface area contributed by atoms with E-state index < -0.39 is 29.9 Å². The molecule has 0 bridgehead atoms. The fourth-order valence-corrected chi connectivity index (χ4v) is 3.45. The highest BCUT2D eigenvalue weighted by molar-refractivity contribution is 5.94. The Balaban J connectivity index is 1.65. The summed E-state index contributed by atoms with van der Waals surface area (Å²) >= 11 is 0. The summed E-state index contributed by atoms with van der Waals surface area (Å²) in [5.41, 5.74) is 1.19. The van der Waals surface area contributed by atoms with Crippen molar-refractivity contribution in [1.29, 1.82) is 0 Å². The highest BCUT2D eigenvalue weighted by Crippen LogP contribution is 2.21. The molecule has 1 aliphatic heterocycles. The molecule has 2 aromatic rings. The van der Waals surface area contributed by atoms with E-state index in [4.69, 9.17) is 4.74 Å². The lowest BCUT2D eigenvalue weighted by atomic mass is 10.0. The van der Waals surface area contributed by atoms with Crippen LogP contribution >= 0.6 is 0 Å². The largest absolute Gasteiger partial charge is 0.458 e. The van der Waals surface area contributed by atoms with Crippen molar-refractivity contribution in [3.63, 3.8) is 0 Å². The molecule has 0 aliphatic carbocycles. The number of halogens is 1. The van der Waals surface area contributed by atoms with Crippen LogP contribution in [0.1, 0.15) is 47.2 Å². The van der Waals surface area contributed by atoms with Gasteiger partial charge in [0.2, 0.25) is 0 Å². The molecule has 2 N–H and O–H groups in total. The third kappa shape index (κ3) is 7.74. The van der Waals surface area contributed by atoms with Crippen molar-refractivity contribution in [3.05, 3.63) is 95.5 Å². The highest BCUT2D eigenvalue weighted by atomic mass is 19.1. The molecule has 1 aliphatic rings. The first-order valence-electron chi connectivity index (χ1n) is 10.9. The zero-order valence-corrected chi connectivity index (χ0v) is 18.2. The minimum atomic E-state index is -0.763. The molecule has 0 saturated heterocycles. The zero-order chi connectivity index (χ0) is 23.5. The van der Waals surface area contributed by atoms with Crippen LogP contribution in [0, 0.1) is 17.7 Å². The smallest absolute Gasteiger partial charge is 0.341 e. The summed E-state index contributed by atoms with van der Waals surface area (Å²) < 4.78 is 20.0. The number of rotatable bonds is 3. The van der Waals surface area contributed by atoms with Gasteiger partial charge in [-0.3, -0.25) is 4.79 Å². The van der Waals surface area contributed by atoms with Crippen LogP contribution in [0.5, 0.6) is 0 Å². The zero-order valence-electron chi connectivity index (χ0n) is 18.2. The number of carbonyl (C=O) groups excluding carboxylic acids is 2. The van der Waals surface area contributed by atoms with Crippen LogP contribution in [0.15, 0.2) is 73.0 Å². The first-order chi connectivity index (χ1) is 16.0. The molecule has 1 heterocycles. The maximum atomic E-state index is 14.4. The third-order valence-electron chi connectivity index (χ3n) is 5.11. The van der Waals surface area contributed by atoms with Crippen molar-refractivity contribution in [3.8, 4) is 11.8 Å². The number of esters is 1. The van der Waals surface area contributed by atoms with E-state index in [-0.39, 0.29) is 18.4 Å². The van der Waals surface area contributed by atoms with Crippen LogP contribution in [0.2, 0.25) is 0 Å². The van der Waals surface area contributed by atoms with E-state index in [1.165, 1.54) is 12.3 Å². The third-order valence-corrected chi connectivity index (χ3v) is 5.11. The Morgan fingerprint density at radius 3 is 2.82 bits per heavy atom. The van der Waals surface area contributed by atoms with Gasteiger partial charge in [0.15, 0.2) is 0 Å². The number of hydrogen-bond acceptors (Lipinski definition) is 4. The number of aliphatic hydroxyl groups is 1. The Morgan fingerprint density at radius 2 is 2.00 bits per heavy atom. The van der Waals surface area contributed by atoms with Gasteiger partial charge in [0.25, 0.3) is 5.91 Å². The molecule has 0 radical (unpaired) electrons. The number of benzene rings is 2. The molecule has 0 spiro atoms. The summed E-state index contributed by atoms with van der Waals surface area (Å²) in [6.07, 6.45) is 7.53. The van der Waals surface area contributed by atoms with Crippen molar-refractivity contribution in [2.75, 3.05) is 0 Å². The molecule has 0 fully saturated rings. The van der Waals surface area contributed by atoms with E-state index in [0.29, 0.717) is 24.8 Å². The molecule has 1 amide bonds. The van der Waals surface area contributed by atoms with Crippen LogP contribution < -0.4 is 5.32 Å². The summed E-state index contributed by atoms with van der Waals surface area (Å²) in [6, 6.07) is 13.6. The summed E-state index contributed by atoms with van der Waals surface area (Å²) in [4.78, 5) is 24.6. The van der Waals surface area contributed by atoms with Gasteiger partial charge in [0, 0.05) is 30.5 Å². The molecule has 0 unspecified atom stereocenters. The second-order valence-corrected chi connectivity index (χ2v) is 7.67. The summed E-state index contributed by atoms with van der Waals surface area (Å²) in [6.45, 7) is 0. The van der Waals surface area contributed by atoms with E-state index >= 15 is 0 Å². The number of allylic oxidation sites excluding steroid dienone is 2. The summed E-state index contributed by atoms with van der Waals surface area (Å²) in [5.74, 6) is 3.37. The van der Waals surface area contributed by atoms with Crippen LogP contribution in [0.4, 0.5) is 4.39 Å². The molecular formula is C27H26FNO4. The number of cyclic esters (lactones) is 1. The van der Waals surface area contributed by atoms with Crippen molar-refractivity contribution >= 4 is 11.9 Å². The quantitative estimate of drug-likeness (QED) is 0.423. The van der Waals surface area contributed by atoms with Crippen LogP contribution in [-0.2, 0) is 16.0 Å². The van der Waals surface area contributed by atoms with Crippen LogP contribution in [0.3, 0.4) is 0 Å². The average molecular weight is 448 g/mol. The fourth-order valence-electron chi connectivity index (χ4n) is 3.45. The van der Waals surface area contributed by atoms with Crippen LogP contribution in [0.25, 0.3) is 0 Å². The first kappa shape index (κ1) is 24.0. The van der Waals surface area contributed by atoms with Gasteiger partial charge in [-0.1, -0.05) is 54.5 Å². The van der Waals surface area contributed by atoms with Crippen molar-refractivity contribution in [2.45, 2.75) is 44.3 Å². The number of aliphatic hydroxyl groups excluding tert-OH is 1. The van der Waals surface area contributed by atoms with E-state index in [1.807, 2.05) is 30.4 Å². The Hall–Kier alpha value is -3.69. The predicted molar refractivity (Wildman–Crippen MR) is 124 cm³/mol. The van der Waals surface area contributed by atoms with E-state index in [1.54, 1.807) is 30.3 Å². The Bertz CT molecular complexity index is 1080. The molecule has 33 heavy (non-hydrogen) atoms. The molecule has 2 aromatic carbocycles. The monoisotopic (exact) mass is 447 g/mol. The maximum absolute atomic E-state index is 14.4. The summed E-state index contributed by atoms with van der Waals surface area (Å²) in [5, 5.41) is 12.9. The van der Waals surface area contributed by atoms with E-state index in [2.05, 4.69) is 17.2 Å². The second-order valence-electron chi connectivity index (χ2n) is 7.67. The molecule has 0 saturated carbocycles. The van der Waals surface area contributed by atoms with Crippen LogP contribution in [-0.4, -0.2) is 29.2 Å². The number of nitrogens with one attached hydrogen (secondary N) is 1. The van der Waals surface area contributed by atoms with Crippen molar-refractivity contribution < 1.29 is 23.8 Å². The van der Waals surface area contributed by atoms with Gasteiger partial charge in [-0.05, 0) is 43.0 Å². The lowest BCUT2D eigenvalue weighted by molar-refractivity contribution is -0.114. The number of fused-ring (bicyclic) bond motifs is 1. The van der Waals surface area contributed by atoms with Gasteiger partial charge in [0.05, 0.1) is 11.7 Å². The van der Waals surface area contributed by atoms with Gasteiger partial charge in [0.1, 0.15) is 11.9 Å². The molecule has 3 rings (SSSR count). The van der Waals surface area contributed by atoms with Crippen molar-refractivity contribution in [2.24, 2.45) is 0 Å². The lowest BCUT2D eigenvalue weighted by Crippen LogP contribution is -2.25. The second kappa shape index (κ2) is 12.4. The first-order valence-corrected chi connectivity index (χ1v) is 10.9. The fraction of sp³-hybridized carbons (Fsp3) is 0.259. The minimum absolute atomic E-state index is 0.0873. The van der Waals surface area contributed by atoms with Gasteiger partial charge in [-0.25, -0.2) is 9.18 Å². The standard InChI is InChI=1S/C27H26FNO4/c28-24-15-7-12-21-11-5-2-6-13-22(30)19-23(33-27(32)26(21)24)14-8-18-29-25(31)17-16-20-9-3-1-4-10-20/h1-5,7-10,12,15,18,22-23,30H,6,11,13-14,19H2,(H,29,31)/b5-2+,18-8+/t22-,23-/m0/s1. The Labute approximate surface area is 193 Å². The number of hydrogen-bond donors (Lipinski definition) is 2. The van der Waals surface area contributed by atoms with Gasteiger partial charge < -0.3 is 15.2 Å². The number of carbonyl (C=O) groups is 2. The normalized spacial score (nSPS) is 19.8. The Morgan fingerprint density at radius 1 is 1.18 bits per heavy atom. The summed E-state index contributed by atoms with van der Waals surface area (Å²) in [7, 11) is 0. The maximum Gasteiger partial charge on any atom is 0.341 e. The molecule has 2 atom stereocenters. The number of amides is 1. The number of ether oxygens (including phenoxy) is 1. The van der Waals surface area contributed by atoms with E-state index in [0.717, 1.165) is 5.56 Å². The molecule has 5 nitrogen and oxygen atoms in total. The van der Waals surface area contributed by atoms with Crippen molar-refractivity contribution in [1.82, 2.24) is 5.32 Å². The average Bonchev–Trinajstić information content (AvgIpc) is 2.80. The lowest BCUT2D eigenvalue weighted by Gasteiger charge is -2.21. The van der Waals surface area contributed by atoms with Gasteiger partial charge in [-0.15, -0.1) is 0 Å². The topological polar surface area (TPSA) is 75.6 Å². The molecule has 170 valence electrons. The minimum Gasteiger partial charge on any atom is -0.458 e. The Kier molecular flexibility index (Phi) is 8.98. The molecular weight excluding hydrogens is 421 g/mol. The highest BCUT2D eigenvalue weighted by Gasteiger charge is 2.23. The SMILES string of the molecule is O=C(C#Cc1ccccc1)N/C=C/C[C@H]1C[C@@H](O)CC/C=C/Cc2cccc(F)c2C(=O)O1. The van der Waals surface area contributed by atoms with Gasteiger partial charge in [-0.2, -0.15) is 0 Å². The molecule has 6 heteroatoms. The van der Waals surface area contributed by atoms with E-state index in [9.17, 15) is 19.1 Å². The van der Waals surface area contributed by atoms with Gasteiger partial charge >= 0.3 is 5.97 Å².